The highest BCUT2D eigenvalue weighted by Gasteiger charge is 2.22. The Balaban J connectivity index is 1.90. The summed E-state index contributed by atoms with van der Waals surface area (Å²) in [6.07, 6.45) is 2.28. The number of hydrogen-bond acceptors (Lipinski definition) is 4. The maximum atomic E-state index is 12.1. The zero-order valence-corrected chi connectivity index (χ0v) is 12.4. The highest BCUT2D eigenvalue weighted by Crippen LogP contribution is 2.31. The van der Waals surface area contributed by atoms with Gasteiger partial charge < -0.3 is 4.74 Å². The Bertz CT molecular complexity index is 428. The number of methoxy groups -OCH3 is 1. The van der Waals surface area contributed by atoms with Crippen molar-refractivity contribution in [3.8, 4) is 0 Å². The third-order valence-electron chi connectivity index (χ3n) is 3.19. The van der Waals surface area contributed by atoms with Crippen molar-refractivity contribution in [1.29, 1.82) is 0 Å². The quantitative estimate of drug-likeness (QED) is 0.799. The maximum Gasteiger partial charge on any atom is 0.179 e. The van der Waals surface area contributed by atoms with E-state index in [0.717, 1.165) is 25.9 Å². The fraction of sp³-hybridized carbons (Fsp3) is 0.583. The monoisotopic (exact) mass is 307 g/mol. The molecule has 1 saturated heterocycles. The summed E-state index contributed by atoms with van der Waals surface area (Å²) in [6, 6.07) is 1.65. The average molecular weight is 308 g/mol. The van der Waals surface area contributed by atoms with Gasteiger partial charge in [-0.25, -0.2) is 0 Å². The minimum atomic E-state index is 0.0408. The van der Waals surface area contributed by atoms with Gasteiger partial charge in [0.1, 0.15) is 4.34 Å². The van der Waals surface area contributed by atoms with Crippen molar-refractivity contribution < 1.29 is 9.53 Å². The number of carbonyl (C=O) groups is 1. The molecular weight excluding hydrogens is 293 g/mol. The van der Waals surface area contributed by atoms with Crippen LogP contribution < -0.4 is 0 Å². The number of thiophene rings is 1. The summed E-state index contributed by atoms with van der Waals surface area (Å²) in [5.41, 5.74) is 0.542. The number of rotatable bonds is 4. The van der Waals surface area contributed by atoms with E-state index in [4.69, 9.17) is 27.9 Å². The molecular formula is C12H15Cl2NO2S. The average Bonchev–Trinajstić information content (AvgIpc) is 2.69. The zero-order valence-electron chi connectivity index (χ0n) is 10.1. The molecule has 0 spiro atoms. The number of halogens is 2. The van der Waals surface area contributed by atoms with Crippen molar-refractivity contribution in [2.45, 2.75) is 18.9 Å². The molecule has 2 heterocycles. The third kappa shape index (κ3) is 3.45. The second-order valence-corrected chi connectivity index (χ2v) is 6.66. The molecule has 0 radical (unpaired) electrons. The molecule has 1 aliphatic heterocycles. The van der Waals surface area contributed by atoms with E-state index >= 15 is 0 Å². The van der Waals surface area contributed by atoms with Gasteiger partial charge in [0.05, 0.1) is 22.5 Å². The lowest BCUT2D eigenvalue weighted by atomic mass is 10.1. The Labute approximate surface area is 121 Å². The van der Waals surface area contributed by atoms with Crippen molar-refractivity contribution in [3.63, 3.8) is 0 Å². The van der Waals surface area contributed by atoms with Crippen LogP contribution in [0.25, 0.3) is 0 Å². The van der Waals surface area contributed by atoms with Crippen LogP contribution in [0.1, 0.15) is 23.2 Å². The maximum absolute atomic E-state index is 12.1. The summed E-state index contributed by atoms with van der Waals surface area (Å²) >= 11 is 13.1. The molecule has 2 rings (SSSR count). The van der Waals surface area contributed by atoms with Crippen molar-refractivity contribution in [2.24, 2.45) is 0 Å². The van der Waals surface area contributed by atoms with Crippen LogP contribution in [0.3, 0.4) is 0 Å². The van der Waals surface area contributed by atoms with E-state index in [1.54, 1.807) is 13.2 Å². The van der Waals surface area contributed by atoms with Gasteiger partial charge in [-0.15, -0.1) is 11.3 Å². The van der Waals surface area contributed by atoms with Gasteiger partial charge in [-0.1, -0.05) is 23.2 Å². The number of hydrogen-bond donors (Lipinski definition) is 0. The largest absolute Gasteiger partial charge is 0.381 e. The van der Waals surface area contributed by atoms with Gasteiger partial charge in [0.2, 0.25) is 0 Å². The summed E-state index contributed by atoms with van der Waals surface area (Å²) in [6.45, 7) is 2.18. The number of ketones is 1. The minimum Gasteiger partial charge on any atom is -0.381 e. The predicted molar refractivity (Wildman–Crippen MR) is 75.1 cm³/mol. The Morgan fingerprint density at radius 2 is 2.17 bits per heavy atom. The van der Waals surface area contributed by atoms with Crippen LogP contribution in [0.5, 0.6) is 0 Å². The van der Waals surface area contributed by atoms with Crippen molar-refractivity contribution in [3.05, 3.63) is 20.3 Å². The third-order valence-corrected chi connectivity index (χ3v) is 4.68. The Morgan fingerprint density at radius 3 is 2.67 bits per heavy atom. The zero-order chi connectivity index (χ0) is 13.1. The summed E-state index contributed by atoms with van der Waals surface area (Å²) in [5.74, 6) is 0.0408. The van der Waals surface area contributed by atoms with Crippen LogP contribution in [0.15, 0.2) is 6.07 Å². The van der Waals surface area contributed by atoms with Gasteiger partial charge in [0.15, 0.2) is 5.78 Å². The van der Waals surface area contributed by atoms with Crippen molar-refractivity contribution >= 4 is 40.3 Å². The van der Waals surface area contributed by atoms with E-state index in [0.29, 0.717) is 26.9 Å². The number of Topliss-reactive ketones (excluding diaryl/α,β-unsaturated/α-hetero) is 1. The lowest BCUT2D eigenvalue weighted by molar-refractivity contribution is 0.0402. The summed E-state index contributed by atoms with van der Waals surface area (Å²) in [7, 11) is 1.73. The molecule has 100 valence electrons. The lowest BCUT2D eigenvalue weighted by Gasteiger charge is -2.30. The molecule has 1 aromatic rings. The van der Waals surface area contributed by atoms with E-state index < -0.39 is 0 Å². The minimum absolute atomic E-state index is 0.0408. The second-order valence-electron chi connectivity index (χ2n) is 4.37. The first kappa shape index (κ1) is 14.3. The summed E-state index contributed by atoms with van der Waals surface area (Å²) in [5, 5.41) is 0. The fourth-order valence-corrected chi connectivity index (χ4v) is 3.62. The normalized spacial score (nSPS) is 18.2. The van der Waals surface area contributed by atoms with Crippen LogP contribution in [0.4, 0.5) is 0 Å². The van der Waals surface area contributed by atoms with E-state index in [1.165, 1.54) is 11.3 Å². The van der Waals surface area contributed by atoms with Crippen LogP contribution in [-0.4, -0.2) is 43.5 Å². The van der Waals surface area contributed by atoms with Gasteiger partial charge in [0, 0.05) is 20.2 Å². The molecule has 0 aliphatic carbocycles. The van der Waals surface area contributed by atoms with Crippen LogP contribution >= 0.6 is 34.5 Å². The van der Waals surface area contributed by atoms with Crippen LogP contribution in [-0.2, 0) is 4.74 Å². The number of likely N-dealkylation sites (tertiary alicyclic amines) is 1. The second kappa shape index (κ2) is 6.35. The van der Waals surface area contributed by atoms with Crippen molar-refractivity contribution in [1.82, 2.24) is 4.90 Å². The van der Waals surface area contributed by atoms with E-state index in [9.17, 15) is 4.79 Å². The number of piperidine rings is 1. The van der Waals surface area contributed by atoms with Gasteiger partial charge in [-0.3, -0.25) is 9.69 Å². The molecule has 0 aromatic carbocycles. The molecule has 0 saturated carbocycles. The molecule has 18 heavy (non-hydrogen) atoms. The first-order valence-corrected chi connectivity index (χ1v) is 7.40. The molecule has 1 aromatic heterocycles. The number of carbonyl (C=O) groups excluding carboxylic acids is 1. The first-order chi connectivity index (χ1) is 8.60. The Morgan fingerprint density at radius 1 is 1.50 bits per heavy atom. The SMILES string of the molecule is COC1CCN(CC(=O)c2cc(Cl)sc2Cl)CC1. The smallest absolute Gasteiger partial charge is 0.179 e. The highest BCUT2D eigenvalue weighted by atomic mass is 35.5. The molecule has 0 bridgehead atoms. The highest BCUT2D eigenvalue weighted by molar-refractivity contribution is 7.20. The van der Waals surface area contributed by atoms with Crippen LogP contribution in [0, 0.1) is 0 Å². The standard InChI is InChI=1S/C12H15Cl2NO2S/c1-17-8-2-4-15(5-3-8)7-10(16)9-6-11(13)18-12(9)14/h6,8H,2-5,7H2,1H3. The Hall–Kier alpha value is -0.130. The molecule has 3 nitrogen and oxygen atoms in total. The molecule has 1 aliphatic rings. The number of ether oxygens (including phenoxy) is 1. The van der Waals surface area contributed by atoms with E-state index in [-0.39, 0.29) is 5.78 Å². The summed E-state index contributed by atoms with van der Waals surface area (Å²) in [4.78, 5) is 14.2. The fourth-order valence-electron chi connectivity index (χ4n) is 2.12. The number of nitrogens with zero attached hydrogens (tertiary/aromatic N) is 1. The topological polar surface area (TPSA) is 29.5 Å². The summed E-state index contributed by atoms with van der Waals surface area (Å²) < 4.78 is 6.34. The molecule has 6 heteroatoms. The molecule has 0 unspecified atom stereocenters. The predicted octanol–water partition coefficient (Wildman–Crippen LogP) is 3.35. The molecule has 0 amide bonds. The molecule has 0 N–H and O–H groups in total. The first-order valence-electron chi connectivity index (χ1n) is 5.83. The molecule has 1 fully saturated rings. The molecule has 0 atom stereocenters. The van der Waals surface area contributed by atoms with Crippen molar-refractivity contribution in [2.75, 3.05) is 26.7 Å². The van der Waals surface area contributed by atoms with Gasteiger partial charge in [0.25, 0.3) is 0 Å². The van der Waals surface area contributed by atoms with Gasteiger partial charge >= 0.3 is 0 Å². The van der Waals surface area contributed by atoms with E-state index in [2.05, 4.69) is 4.90 Å². The van der Waals surface area contributed by atoms with Gasteiger partial charge in [-0.05, 0) is 18.9 Å². The van der Waals surface area contributed by atoms with Gasteiger partial charge in [-0.2, -0.15) is 0 Å². The van der Waals surface area contributed by atoms with E-state index in [1.807, 2.05) is 0 Å². The van der Waals surface area contributed by atoms with Crippen LogP contribution in [0.2, 0.25) is 8.67 Å². The Kier molecular flexibility index (Phi) is 5.04. The lowest BCUT2D eigenvalue weighted by Crippen LogP contribution is -2.39.